The van der Waals surface area contributed by atoms with Crippen molar-refractivity contribution >= 4 is 17.3 Å². The average molecular weight is 328 g/mol. The highest BCUT2D eigenvalue weighted by molar-refractivity contribution is 6.03. The van der Waals surface area contributed by atoms with E-state index in [0.717, 1.165) is 36.8 Å². The molecule has 6 nitrogen and oxygen atoms in total. The number of H-pyrrole nitrogens is 1. The molecule has 1 saturated heterocycles. The van der Waals surface area contributed by atoms with Crippen LogP contribution >= 0.6 is 0 Å². The summed E-state index contributed by atoms with van der Waals surface area (Å²) in [4.78, 5) is 14.6. The number of aromatic amines is 1. The average Bonchev–Trinajstić information content (AvgIpc) is 3.07. The Bertz CT molecular complexity index is 693. The van der Waals surface area contributed by atoms with Crippen LogP contribution in [0.2, 0.25) is 0 Å². The van der Waals surface area contributed by atoms with E-state index in [-0.39, 0.29) is 5.91 Å². The summed E-state index contributed by atoms with van der Waals surface area (Å²) in [6.45, 7) is 8.65. The third kappa shape index (κ3) is 3.59. The Morgan fingerprint density at radius 2 is 2.12 bits per heavy atom. The fourth-order valence-corrected chi connectivity index (χ4v) is 2.79. The maximum atomic E-state index is 12.3. The van der Waals surface area contributed by atoms with Gasteiger partial charge in [0.05, 0.1) is 13.2 Å². The van der Waals surface area contributed by atoms with Gasteiger partial charge in [-0.1, -0.05) is 13.8 Å². The molecule has 0 aliphatic carbocycles. The van der Waals surface area contributed by atoms with Crippen molar-refractivity contribution < 1.29 is 9.53 Å². The molecule has 1 aliphatic rings. The monoisotopic (exact) mass is 328 g/mol. The van der Waals surface area contributed by atoms with Crippen LogP contribution in [-0.4, -0.2) is 41.9 Å². The molecule has 0 saturated carbocycles. The molecule has 2 heterocycles. The van der Waals surface area contributed by atoms with E-state index in [4.69, 9.17) is 4.74 Å². The molecule has 2 N–H and O–H groups in total. The van der Waals surface area contributed by atoms with Crippen LogP contribution in [0.25, 0.3) is 0 Å². The van der Waals surface area contributed by atoms with E-state index in [9.17, 15) is 4.79 Å². The quantitative estimate of drug-likeness (QED) is 0.905. The molecule has 0 spiro atoms. The highest BCUT2D eigenvalue weighted by Crippen LogP contribution is 2.22. The second kappa shape index (κ2) is 7.05. The van der Waals surface area contributed by atoms with Crippen molar-refractivity contribution in [2.24, 2.45) is 0 Å². The van der Waals surface area contributed by atoms with Crippen molar-refractivity contribution in [3.63, 3.8) is 0 Å². The number of nitrogens with one attached hydrogen (secondary N) is 2. The summed E-state index contributed by atoms with van der Waals surface area (Å²) < 4.78 is 5.47. The number of carbonyl (C=O) groups excluding carboxylic acids is 1. The Labute approximate surface area is 142 Å². The van der Waals surface area contributed by atoms with Crippen molar-refractivity contribution in [2.75, 3.05) is 30.0 Å². The maximum Gasteiger partial charge on any atom is 0.276 e. The largest absolute Gasteiger partial charge is 0.377 e. The predicted molar refractivity (Wildman–Crippen MR) is 94.7 cm³/mol. The molecule has 128 valence electrons. The molecule has 0 radical (unpaired) electrons. The summed E-state index contributed by atoms with van der Waals surface area (Å²) in [6.07, 6.45) is 0. The Hall–Kier alpha value is -2.34. The van der Waals surface area contributed by atoms with Crippen LogP contribution in [0, 0.1) is 0 Å². The van der Waals surface area contributed by atoms with Crippen molar-refractivity contribution in [1.82, 2.24) is 10.2 Å². The van der Waals surface area contributed by atoms with E-state index < -0.39 is 0 Å². The lowest BCUT2D eigenvalue weighted by molar-refractivity contribution is 0.0989. The highest BCUT2D eigenvalue weighted by Gasteiger charge is 2.19. The molecule has 3 rings (SSSR count). The van der Waals surface area contributed by atoms with Crippen LogP contribution in [0.15, 0.2) is 30.3 Å². The van der Waals surface area contributed by atoms with Gasteiger partial charge in [0.25, 0.3) is 5.91 Å². The van der Waals surface area contributed by atoms with Gasteiger partial charge in [0.2, 0.25) is 0 Å². The lowest BCUT2D eigenvalue weighted by atomic mass is 10.1. The second-order valence-corrected chi connectivity index (χ2v) is 6.48. The lowest BCUT2D eigenvalue weighted by Gasteiger charge is -2.35. The van der Waals surface area contributed by atoms with Crippen LogP contribution in [0.4, 0.5) is 11.4 Å². The number of hydrogen-bond acceptors (Lipinski definition) is 4. The number of morpholine rings is 1. The zero-order chi connectivity index (χ0) is 17.1. The van der Waals surface area contributed by atoms with E-state index in [1.54, 1.807) is 6.07 Å². The molecule has 1 aromatic carbocycles. The minimum Gasteiger partial charge on any atom is -0.377 e. The third-order valence-corrected chi connectivity index (χ3v) is 4.28. The molecular formula is C18H24N4O2. The number of anilines is 2. The first-order chi connectivity index (χ1) is 11.5. The summed E-state index contributed by atoms with van der Waals surface area (Å²) in [6, 6.07) is 10.1. The molecule has 1 unspecified atom stereocenters. The molecule has 1 aliphatic heterocycles. The summed E-state index contributed by atoms with van der Waals surface area (Å²) >= 11 is 0. The van der Waals surface area contributed by atoms with Gasteiger partial charge in [-0.15, -0.1) is 0 Å². The van der Waals surface area contributed by atoms with Crippen LogP contribution < -0.4 is 10.2 Å². The third-order valence-electron chi connectivity index (χ3n) is 4.28. The molecule has 1 amide bonds. The first-order valence-electron chi connectivity index (χ1n) is 8.35. The normalized spacial score (nSPS) is 18.0. The van der Waals surface area contributed by atoms with E-state index >= 15 is 0 Å². The number of benzene rings is 1. The van der Waals surface area contributed by atoms with Crippen LogP contribution in [0.5, 0.6) is 0 Å². The first kappa shape index (κ1) is 16.5. The number of carbonyl (C=O) groups is 1. The van der Waals surface area contributed by atoms with Gasteiger partial charge in [-0.25, -0.2) is 0 Å². The molecule has 1 atom stereocenters. The van der Waals surface area contributed by atoms with E-state index in [0.29, 0.717) is 17.7 Å². The van der Waals surface area contributed by atoms with Gasteiger partial charge in [0.1, 0.15) is 0 Å². The van der Waals surface area contributed by atoms with Crippen LogP contribution in [0.3, 0.4) is 0 Å². The molecule has 0 bridgehead atoms. The molecular weight excluding hydrogens is 304 g/mol. The van der Waals surface area contributed by atoms with E-state index in [1.165, 1.54) is 0 Å². The topological polar surface area (TPSA) is 70.2 Å². The van der Waals surface area contributed by atoms with Gasteiger partial charge in [0.15, 0.2) is 5.69 Å². The number of amides is 1. The van der Waals surface area contributed by atoms with Gasteiger partial charge >= 0.3 is 0 Å². The van der Waals surface area contributed by atoms with Gasteiger partial charge in [-0.05, 0) is 43.2 Å². The predicted octanol–water partition coefficient (Wildman–Crippen LogP) is 3.01. The fraction of sp³-hybridized carbons (Fsp3) is 0.444. The Kier molecular flexibility index (Phi) is 4.85. The molecule has 24 heavy (non-hydrogen) atoms. The Balaban J connectivity index is 1.66. The summed E-state index contributed by atoms with van der Waals surface area (Å²) in [5, 5.41) is 9.86. The Morgan fingerprint density at radius 1 is 1.38 bits per heavy atom. The number of nitrogens with zero attached hydrogens (tertiary/aromatic N) is 2. The minimum atomic E-state index is -0.203. The van der Waals surface area contributed by atoms with Gasteiger partial charge in [-0.3, -0.25) is 9.89 Å². The highest BCUT2D eigenvalue weighted by atomic mass is 16.5. The number of hydrogen-bond donors (Lipinski definition) is 2. The first-order valence-corrected chi connectivity index (χ1v) is 8.35. The van der Waals surface area contributed by atoms with Gasteiger partial charge in [0, 0.05) is 29.7 Å². The van der Waals surface area contributed by atoms with Gasteiger partial charge < -0.3 is 15.0 Å². The summed E-state index contributed by atoms with van der Waals surface area (Å²) in [7, 11) is 0. The van der Waals surface area contributed by atoms with Crippen LogP contribution in [-0.2, 0) is 4.74 Å². The molecule has 6 heteroatoms. The molecule has 1 aromatic heterocycles. The summed E-state index contributed by atoms with van der Waals surface area (Å²) in [5.74, 6) is 0.111. The maximum absolute atomic E-state index is 12.3. The minimum absolute atomic E-state index is 0.203. The van der Waals surface area contributed by atoms with E-state index in [2.05, 4.69) is 41.2 Å². The fourth-order valence-electron chi connectivity index (χ4n) is 2.79. The van der Waals surface area contributed by atoms with Crippen LogP contribution in [0.1, 0.15) is 42.9 Å². The number of aromatic nitrogens is 2. The van der Waals surface area contributed by atoms with Crippen molar-refractivity contribution in [1.29, 1.82) is 0 Å². The smallest absolute Gasteiger partial charge is 0.276 e. The molecule has 2 aromatic rings. The zero-order valence-electron chi connectivity index (χ0n) is 14.4. The second-order valence-electron chi connectivity index (χ2n) is 6.48. The van der Waals surface area contributed by atoms with Gasteiger partial charge in [-0.2, -0.15) is 5.10 Å². The lowest BCUT2D eigenvalue weighted by Crippen LogP contribution is -2.43. The van der Waals surface area contributed by atoms with Crippen molar-refractivity contribution in [2.45, 2.75) is 32.7 Å². The number of rotatable bonds is 4. The SMILES string of the molecule is CC(C)c1cc(C(=O)Nc2ccc(N3CCOCC3C)cc2)n[nH]1. The number of ether oxygens (including phenoxy) is 1. The summed E-state index contributed by atoms with van der Waals surface area (Å²) in [5.41, 5.74) is 3.27. The zero-order valence-corrected chi connectivity index (χ0v) is 14.4. The van der Waals surface area contributed by atoms with Crippen molar-refractivity contribution in [3.8, 4) is 0 Å². The van der Waals surface area contributed by atoms with Crippen molar-refractivity contribution in [3.05, 3.63) is 41.7 Å². The standard InChI is InChI=1S/C18H24N4O2/c1-12(2)16-10-17(21-20-16)18(23)19-14-4-6-15(7-5-14)22-8-9-24-11-13(22)3/h4-7,10,12-13H,8-9,11H2,1-3H3,(H,19,23)(H,20,21). The van der Waals surface area contributed by atoms with E-state index in [1.807, 2.05) is 24.3 Å². The molecule has 1 fully saturated rings. The Morgan fingerprint density at radius 3 is 2.75 bits per heavy atom.